The van der Waals surface area contributed by atoms with Gasteiger partial charge in [0, 0.05) is 0 Å². The Morgan fingerprint density at radius 1 is 1.33 bits per heavy atom. The minimum atomic E-state index is 0.407. The first-order valence-corrected chi connectivity index (χ1v) is 3.41. The van der Waals surface area contributed by atoms with Gasteiger partial charge in [0.05, 0.1) is 25.8 Å². The van der Waals surface area contributed by atoms with Crippen LogP contribution in [0.1, 0.15) is 10.4 Å². The fourth-order valence-corrected chi connectivity index (χ4v) is 0.848. The highest BCUT2D eigenvalue weighted by atomic mass is 16.5. The topological polar surface area (TPSA) is 35.5 Å². The summed E-state index contributed by atoms with van der Waals surface area (Å²) in [4.78, 5) is 10.4. The molecular formula is C9H9O3. The van der Waals surface area contributed by atoms with E-state index >= 15 is 0 Å². The van der Waals surface area contributed by atoms with Gasteiger partial charge in [-0.1, -0.05) is 0 Å². The highest BCUT2D eigenvalue weighted by Gasteiger charge is 2.03. The first-order valence-electron chi connectivity index (χ1n) is 3.41. The van der Waals surface area contributed by atoms with Crippen LogP contribution in [0.25, 0.3) is 0 Å². The lowest BCUT2D eigenvalue weighted by molar-refractivity contribution is 0.112. The van der Waals surface area contributed by atoms with E-state index in [1.807, 2.05) is 0 Å². The van der Waals surface area contributed by atoms with Crippen LogP contribution in [0.15, 0.2) is 12.1 Å². The van der Waals surface area contributed by atoms with Crippen molar-refractivity contribution < 1.29 is 14.3 Å². The van der Waals surface area contributed by atoms with Crippen LogP contribution >= 0.6 is 0 Å². The van der Waals surface area contributed by atoms with Crippen molar-refractivity contribution in [3.8, 4) is 11.5 Å². The highest BCUT2D eigenvalue weighted by molar-refractivity contribution is 5.79. The van der Waals surface area contributed by atoms with E-state index in [0.29, 0.717) is 17.1 Å². The lowest BCUT2D eigenvalue weighted by Gasteiger charge is -2.04. The van der Waals surface area contributed by atoms with E-state index in [1.54, 1.807) is 12.1 Å². The summed E-state index contributed by atoms with van der Waals surface area (Å²) in [5, 5.41) is 0. The molecule has 3 nitrogen and oxygen atoms in total. The molecule has 0 bridgehead atoms. The van der Waals surface area contributed by atoms with Gasteiger partial charge in [-0.25, -0.2) is 0 Å². The summed E-state index contributed by atoms with van der Waals surface area (Å²) in [6.45, 7) is 0. The van der Waals surface area contributed by atoms with E-state index in [0.717, 1.165) is 6.29 Å². The number of methoxy groups -OCH3 is 2. The molecule has 1 aromatic rings. The van der Waals surface area contributed by atoms with Crippen LogP contribution in [-0.2, 0) is 0 Å². The number of hydrogen-bond acceptors (Lipinski definition) is 3. The van der Waals surface area contributed by atoms with Gasteiger partial charge in [-0.05, 0) is 12.1 Å². The average Bonchev–Trinajstić information content (AvgIpc) is 2.16. The Morgan fingerprint density at radius 3 is 2.58 bits per heavy atom. The van der Waals surface area contributed by atoms with E-state index in [9.17, 15) is 4.79 Å². The van der Waals surface area contributed by atoms with Crippen molar-refractivity contribution in [2.45, 2.75) is 0 Å². The first-order chi connectivity index (χ1) is 5.81. The van der Waals surface area contributed by atoms with Gasteiger partial charge in [0.15, 0.2) is 6.29 Å². The van der Waals surface area contributed by atoms with Gasteiger partial charge in [0.2, 0.25) is 0 Å². The summed E-state index contributed by atoms with van der Waals surface area (Å²) < 4.78 is 9.82. The Morgan fingerprint density at radius 2 is 2.08 bits per heavy atom. The Bertz CT molecular complexity index is 281. The molecule has 1 rings (SSSR count). The van der Waals surface area contributed by atoms with Crippen LogP contribution in [0.3, 0.4) is 0 Å². The van der Waals surface area contributed by atoms with E-state index < -0.39 is 0 Å². The van der Waals surface area contributed by atoms with Gasteiger partial charge in [0.25, 0.3) is 0 Å². The maximum absolute atomic E-state index is 10.4. The second kappa shape index (κ2) is 3.76. The molecule has 0 spiro atoms. The first kappa shape index (κ1) is 8.59. The monoisotopic (exact) mass is 165 g/mol. The number of ether oxygens (including phenoxy) is 2. The van der Waals surface area contributed by atoms with Crippen molar-refractivity contribution in [2.24, 2.45) is 0 Å². The second-order valence-corrected chi connectivity index (χ2v) is 2.13. The summed E-state index contributed by atoms with van der Waals surface area (Å²) in [5.74, 6) is 0.960. The molecule has 3 heteroatoms. The molecular weight excluding hydrogens is 156 g/mol. The average molecular weight is 165 g/mol. The Labute approximate surface area is 70.9 Å². The molecule has 0 saturated heterocycles. The van der Waals surface area contributed by atoms with E-state index in [2.05, 4.69) is 6.07 Å². The van der Waals surface area contributed by atoms with Gasteiger partial charge in [-0.15, -0.1) is 0 Å². The van der Waals surface area contributed by atoms with Crippen LogP contribution in [-0.4, -0.2) is 20.5 Å². The summed E-state index contributed by atoms with van der Waals surface area (Å²) in [6, 6.07) is 6.07. The largest absolute Gasteiger partial charge is 0.496 e. The molecule has 0 amide bonds. The molecule has 1 radical (unpaired) electrons. The predicted octanol–water partition coefficient (Wildman–Crippen LogP) is 1.32. The van der Waals surface area contributed by atoms with E-state index in [1.165, 1.54) is 14.2 Å². The minimum Gasteiger partial charge on any atom is -0.496 e. The SMILES string of the molecule is COc1[c]c(OC)c(C=O)cc1. The van der Waals surface area contributed by atoms with Crippen LogP contribution in [0.5, 0.6) is 11.5 Å². The second-order valence-electron chi connectivity index (χ2n) is 2.13. The number of rotatable bonds is 3. The van der Waals surface area contributed by atoms with Crippen molar-refractivity contribution >= 4 is 6.29 Å². The minimum absolute atomic E-state index is 0.407. The maximum atomic E-state index is 10.4. The van der Waals surface area contributed by atoms with Gasteiger partial charge >= 0.3 is 0 Å². The molecule has 0 atom stereocenters. The molecule has 0 aromatic heterocycles. The molecule has 0 unspecified atom stereocenters. The molecule has 0 aliphatic carbocycles. The summed E-state index contributed by atoms with van der Waals surface area (Å²) in [6.07, 6.45) is 0.717. The molecule has 0 saturated carbocycles. The molecule has 0 aliphatic heterocycles. The fraction of sp³-hybridized carbons (Fsp3) is 0.222. The molecule has 63 valence electrons. The van der Waals surface area contributed by atoms with E-state index in [4.69, 9.17) is 9.47 Å². The number of hydrogen-bond donors (Lipinski definition) is 0. The van der Waals surface area contributed by atoms with Crippen molar-refractivity contribution in [1.29, 1.82) is 0 Å². The highest BCUT2D eigenvalue weighted by Crippen LogP contribution is 2.21. The van der Waals surface area contributed by atoms with Gasteiger partial charge in [-0.2, -0.15) is 0 Å². The van der Waals surface area contributed by atoms with E-state index in [-0.39, 0.29) is 0 Å². The zero-order chi connectivity index (χ0) is 8.97. The number of carbonyl (C=O) groups is 1. The Kier molecular flexibility index (Phi) is 2.69. The quantitative estimate of drug-likeness (QED) is 0.633. The van der Waals surface area contributed by atoms with Gasteiger partial charge in [-0.3, -0.25) is 4.79 Å². The fourth-order valence-electron chi connectivity index (χ4n) is 0.848. The number of aldehydes is 1. The zero-order valence-electron chi connectivity index (χ0n) is 6.96. The lowest BCUT2D eigenvalue weighted by atomic mass is 10.2. The Hall–Kier alpha value is -1.51. The molecule has 0 aliphatic rings. The zero-order valence-corrected chi connectivity index (χ0v) is 6.96. The van der Waals surface area contributed by atoms with Crippen LogP contribution in [0.4, 0.5) is 0 Å². The summed E-state index contributed by atoms with van der Waals surface area (Å²) in [7, 11) is 3.02. The maximum Gasteiger partial charge on any atom is 0.153 e. The molecule has 1 aromatic carbocycles. The molecule has 0 N–H and O–H groups in total. The predicted molar refractivity (Wildman–Crippen MR) is 43.8 cm³/mol. The van der Waals surface area contributed by atoms with Crippen LogP contribution in [0.2, 0.25) is 0 Å². The van der Waals surface area contributed by atoms with Crippen molar-refractivity contribution in [1.82, 2.24) is 0 Å². The summed E-state index contributed by atoms with van der Waals surface area (Å²) in [5.41, 5.74) is 0.471. The number of carbonyl (C=O) groups excluding carboxylic acids is 1. The smallest absolute Gasteiger partial charge is 0.153 e. The van der Waals surface area contributed by atoms with Crippen molar-refractivity contribution in [2.75, 3.05) is 14.2 Å². The van der Waals surface area contributed by atoms with Gasteiger partial charge < -0.3 is 9.47 Å². The molecule has 12 heavy (non-hydrogen) atoms. The van der Waals surface area contributed by atoms with Crippen molar-refractivity contribution in [3.05, 3.63) is 23.8 Å². The molecule has 0 fully saturated rings. The Balaban J connectivity index is 3.10. The summed E-state index contributed by atoms with van der Waals surface area (Å²) >= 11 is 0. The molecule has 0 heterocycles. The number of benzene rings is 1. The normalized spacial score (nSPS) is 9.17. The van der Waals surface area contributed by atoms with Crippen LogP contribution in [0, 0.1) is 6.07 Å². The van der Waals surface area contributed by atoms with Crippen LogP contribution < -0.4 is 9.47 Å². The lowest BCUT2D eigenvalue weighted by Crippen LogP contribution is -1.92. The third kappa shape index (κ3) is 1.56. The van der Waals surface area contributed by atoms with Gasteiger partial charge in [0.1, 0.15) is 11.5 Å². The van der Waals surface area contributed by atoms with Crippen molar-refractivity contribution in [3.63, 3.8) is 0 Å². The third-order valence-electron chi connectivity index (χ3n) is 1.46. The third-order valence-corrected chi connectivity index (χ3v) is 1.46. The standard InChI is InChI=1S/C9H9O3/c1-11-8-4-3-7(6-10)9(5-8)12-2/h3-4,6H,1-2H3.